The van der Waals surface area contributed by atoms with Crippen molar-refractivity contribution in [1.29, 1.82) is 0 Å². The number of nitro groups is 1. The maximum atomic E-state index is 11.4. The molecular formula is C9H11N5O3S. The van der Waals surface area contributed by atoms with E-state index in [-0.39, 0.29) is 22.5 Å². The van der Waals surface area contributed by atoms with E-state index < -0.39 is 4.92 Å². The van der Waals surface area contributed by atoms with Gasteiger partial charge in [0.2, 0.25) is 5.91 Å². The second kappa shape index (κ2) is 6.45. The van der Waals surface area contributed by atoms with Gasteiger partial charge in [-0.2, -0.15) is 5.10 Å². The Morgan fingerprint density at radius 3 is 2.56 bits per heavy atom. The number of nitrogens with zero attached hydrogens (tertiary/aromatic N) is 2. The average molecular weight is 269 g/mol. The molecule has 96 valence electrons. The highest BCUT2D eigenvalue weighted by atomic mass is 32.2. The molecule has 0 fully saturated rings. The highest BCUT2D eigenvalue weighted by Gasteiger charge is 2.07. The van der Waals surface area contributed by atoms with E-state index in [0.717, 1.165) is 11.8 Å². The lowest BCUT2D eigenvalue weighted by atomic mass is 10.3. The molecule has 0 radical (unpaired) electrons. The van der Waals surface area contributed by atoms with Crippen molar-refractivity contribution in [2.75, 3.05) is 11.1 Å². The SMILES string of the molecule is NN=C(N)SCC(=O)Nc1ccc([N+](=O)[O-])cc1. The highest BCUT2D eigenvalue weighted by molar-refractivity contribution is 8.14. The summed E-state index contributed by atoms with van der Waals surface area (Å²) in [4.78, 5) is 21.3. The molecule has 1 amide bonds. The van der Waals surface area contributed by atoms with Crippen molar-refractivity contribution >= 4 is 34.2 Å². The molecule has 0 atom stereocenters. The smallest absolute Gasteiger partial charge is 0.269 e. The van der Waals surface area contributed by atoms with Gasteiger partial charge in [0, 0.05) is 17.8 Å². The third kappa shape index (κ3) is 4.29. The van der Waals surface area contributed by atoms with E-state index in [0.29, 0.717) is 5.69 Å². The van der Waals surface area contributed by atoms with Gasteiger partial charge in [0.1, 0.15) is 0 Å². The van der Waals surface area contributed by atoms with Crippen molar-refractivity contribution in [3.8, 4) is 0 Å². The fourth-order valence-corrected chi connectivity index (χ4v) is 1.47. The van der Waals surface area contributed by atoms with Crippen LogP contribution in [0.25, 0.3) is 0 Å². The number of nitro benzene ring substituents is 1. The zero-order valence-electron chi connectivity index (χ0n) is 9.20. The molecule has 1 aromatic rings. The van der Waals surface area contributed by atoms with Gasteiger partial charge < -0.3 is 16.9 Å². The third-order valence-corrected chi connectivity index (χ3v) is 2.65. The van der Waals surface area contributed by atoms with Gasteiger partial charge in [0.25, 0.3) is 5.69 Å². The number of amides is 1. The maximum absolute atomic E-state index is 11.4. The minimum Gasteiger partial charge on any atom is -0.377 e. The van der Waals surface area contributed by atoms with Crippen LogP contribution in [0.1, 0.15) is 0 Å². The molecule has 5 N–H and O–H groups in total. The number of nitrogens with one attached hydrogen (secondary N) is 1. The summed E-state index contributed by atoms with van der Waals surface area (Å²) in [6.07, 6.45) is 0. The van der Waals surface area contributed by atoms with E-state index in [9.17, 15) is 14.9 Å². The first-order valence-electron chi connectivity index (χ1n) is 4.73. The molecule has 18 heavy (non-hydrogen) atoms. The fourth-order valence-electron chi connectivity index (χ4n) is 1.04. The summed E-state index contributed by atoms with van der Waals surface area (Å²) < 4.78 is 0. The average Bonchev–Trinajstić information content (AvgIpc) is 2.36. The lowest BCUT2D eigenvalue weighted by molar-refractivity contribution is -0.384. The lowest BCUT2D eigenvalue weighted by Crippen LogP contribution is -2.18. The van der Waals surface area contributed by atoms with Gasteiger partial charge in [-0.25, -0.2) is 0 Å². The number of thioether (sulfide) groups is 1. The molecule has 1 aromatic carbocycles. The van der Waals surface area contributed by atoms with Crippen LogP contribution in [0.5, 0.6) is 0 Å². The van der Waals surface area contributed by atoms with Gasteiger partial charge >= 0.3 is 0 Å². The first-order chi connectivity index (χ1) is 8.52. The Bertz CT molecular complexity index is 474. The van der Waals surface area contributed by atoms with Crippen molar-refractivity contribution in [2.24, 2.45) is 16.7 Å². The number of carbonyl (C=O) groups is 1. The van der Waals surface area contributed by atoms with Crippen LogP contribution in [0.2, 0.25) is 0 Å². The Labute approximate surface area is 107 Å². The molecule has 0 saturated carbocycles. The van der Waals surface area contributed by atoms with Gasteiger partial charge in [0.15, 0.2) is 5.17 Å². The quantitative estimate of drug-likeness (QED) is 0.239. The number of hydrazone groups is 1. The summed E-state index contributed by atoms with van der Waals surface area (Å²) in [5.41, 5.74) is 5.73. The van der Waals surface area contributed by atoms with Crippen LogP contribution in [-0.4, -0.2) is 21.8 Å². The van der Waals surface area contributed by atoms with Crippen LogP contribution < -0.4 is 16.9 Å². The van der Waals surface area contributed by atoms with Crippen LogP contribution in [0.3, 0.4) is 0 Å². The van der Waals surface area contributed by atoms with Crippen molar-refractivity contribution < 1.29 is 9.72 Å². The second-order valence-electron chi connectivity index (χ2n) is 3.11. The number of amidine groups is 1. The van der Waals surface area contributed by atoms with Gasteiger partial charge in [-0.15, -0.1) is 0 Å². The Morgan fingerprint density at radius 1 is 1.44 bits per heavy atom. The van der Waals surface area contributed by atoms with Crippen molar-refractivity contribution in [2.45, 2.75) is 0 Å². The van der Waals surface area contributed by atoms with Crippen LogP contribution in [-0.2, 0) is 4.79 Å². The predicted molar refractivity (Wildman–Crippen MR) is 70.0 cm³/mol. The molecule has 0 spiro atoms. The minimum atomic E-state index is -0.514. The second-order valence-corrected chi connectivity index (χ2v) is 4.10. The van der Waals surface area contributed by atoms with E-state index >= 15 is 0 Å². The molecular weight excluding hydrogens is 258 g/mol. The zero-order valence-corrected chi connectivity index (χ0v) is 10.0. The summed E-state index contributed by atoms with van der Waals surface area (Å²) in [6, 6.07) is 5.50. The summed E-state index contributed by atoms with van der Waals surface area (Å²) in [5, 5.41) is 16.3. The van der Waals surface area contributed by atoms with E-state index in [4.69, 9.17) is 11.6 Å². The van der Waals surface area contributed by atoms with Gasteiger partial charge in [-0.05, 0) is 12.1 Å². The van der Waals surface area contributed by atoms with Crippen LogP contribution in [0, 0.1) is 10.1 Å². The normalized spacial score (nSPS) is 11.0. The topological polar surface area (TPSA) is 137 Å². The molecule has 1 rings (SSSR count). The first kappa shape index (κ1) is 13.8. The number of anilines is 1. The molecule has 0 aliphatic heterocycles. The predicted octanol–water partition coefficient (Wildman–Crippen LogP) is 0.455. The number of non-ortho nitro benzene ring substituents is 1. The Balaban J connectivity index is 2.52. The number of hydrogen-bond acceptors (Lipinski definition) is 6. The fraction of sp³-hybridized carbons (Fsp3) is 0.111. The molecule has 0 aliphatic rings. The van der Waals surface area contributed by atoms with E-state index in [1.807, 2.05) is 0 Å². The van der Waals surface area contributed by atoms with E-state index in [1.54, 1.807) is 0 Å². The molecule has 9 heteroatoms. The first-order valence-corrected chi connectivity index (χ1v) is 5.72. The standard InChI is InChI=1S/C9H11N5O3S/c10-9(13-11)18-5-8(15)12-6-1-3-7(4-2-6)14(16)17/h1-4H,5,11H2,(H2,10,13)(H,12,15). The molecule has 0 aliphatic carbocycles. The number of hydrogen-bond donors (Lipinski definition) is 3. The summed E-state index contributed by atoms with van der Waals surface area (Å²) in [6.45, 7) is 0. The van der Waals surface area contributed by atoms with Gasteiger partial charge in [-0.3, -0.25) is 14.9 Å². The Morgan fingerprint density at radius 2 is 2.06 bits per heavy atom. The van der Waals surface area contributed by atoms with Crippen molar-refractivity contribution in [1.82, 2.24) is 0 Å². The number of benzene rings is 1. The molecule has 0 unspecified atom stereocenters. The van der Waals surface area contributed by atoms with E-state index in [2.05, 4.69) is 10.4 Å². The zero-order chi connectivity index (χ0) is 13.5. The summed E-state index contributed by atoms with van der Waals surface area (Å²) in [5.74, 6) is 4.66. The van der Waals surface area contributed by atoms with Crippen LogP contribution >= 0.6 is 11.8 Å². The monoisotopic (exact) mass is 269 g/mol. The molecule has 0 bridgehead atoms. The summed E-state index contributed by atoms with van der Waals surface area (Å²) >= 11 is 0.994. The largest absolute Gasteiger partial charge is 0.377 e. The number of nitrogens with two attached hydrogens (primary N) is 2. The van der Waals surface area contributed by atoms with Gasteiger partial charge in [0.05, 0.1) is 10.7 Å². The summed E-state index contributed by atoms with van der Waals surface area (Å²) in [7, 11) is 0. The molecule has 0 aromatic heterocycles. The molecule has 0 saturated heterocycles. The van der Waals surface area contributed by atoms with Crippen LogP contribution in [0.15, 0.2) is 29.4 Å². The Kier molecular flexibility index (Phi) is 4.93. The highest BCUT2D eigenvalue weighted by Crippen LogP contribution is 2.15. The number of carbonyl (C=O) groups excluding carboxylic acids is 1. The van der Waals surface area contributed by atoms with Crippen molar-refractivity contribution in [3.63, 3.8) is 0 Å². The third-order valence-electron chi connectivity index (χ3n) is 1.84. The maximum Gasteiger partial charge on any atom is 0.269 e. The van der Waals surface area contributed by atoms with Gasteiger partial charge in [-0.1, -0.05) is 11.8 Å². The molecule has 0 heterocycles. The number of rotatable bonds is 4. The van der Waals surface area contributed by atoms with Crippen LogP contribution in [0.4, 0.5) is 11.4 Å². The minimum absolute atomic E-state index is 0.0399. The lowest BCUT2D eigenvalue weighted by Gasteiger charge is -2.04. The molecule has 8 nitrogen and oxygen atoms in total. The van der Waals surface area contributed by atoms with Crippen molar-refractivity contribution in [3.05, 3.63) is 34.4 Å². The Hall–Kier alpha value is -2.29. The van der Waals surface area contributed by atoms with E-state index in [1.165, 1.54) is 24.3 Å².